The lowest BCUT2D eigenvalue weighted by Crippen LogP contribution is -2.32. The lowest BCUT2D eigenvalue weighted by Gasteiger charge is -2.12. The van der Waals surface area contributed by atoms with Crippen molar-refractivity contribution in [2.24, 2.45) is 0 Å². The van der Waals surface area contributed by atoms with E-state index in [0.717, 1.165) is 4.47 Å². The van der Waals surface area contributed by atoms with Gasteiger partial charge >= 0.3 is 0 Å². The number of amides is 1. The number of hydrogen-bond acceptors (Lipinski definition) is 4. The van der Waals surface area contributed by atoms with E-state index in [9.17, 15) is 13.2 Å². The van der Waals surface area contributed by atoms with E-state index in [2.05, 4.69) is 26.0 Å². The van der Waals surface area contributed by atoms with E-state index < -0.39 is 10.0 Å². The molecular weight excluding hydrogens is 384 g/mol. The van der Waals surface area contributed by atoms with E-state index in [1.165, 1.54) is 18.4 Å². The molecule has 0 saturated heterocycles. The molecule has 2 rings (SSSR count). The zero-order valence-electron chi connectivity index (χ0n) is 12.5. The Morgan fingerprint density at radius 1 is 1.26 bits per heavy atom. The maximum absolute atomic E-state index is 12.1. The SMILES string of the molecule is C[C@@H](NC(=O)CCNS(=O)(=O)c1ccc(Br)cc1)c1ccco1. The third-order valence-corrected chi connectivity index (χ3v) is 5.12. The summed E-state index contributed by atoms with van der Waals surface area (Å²) >= 11 is 3.25. The van der Waals surface area contributed by atoms with Gasteiger partial charge in [-0.1, -0.05) is 15.9 Å². The molecule has 1 aromatic heterocycles. The minimum atomic E-state index is -3.61. The molecule has 0 radical (unpaired) electrons. The van der Waals surface area contributed by atoms with Gasteiger partial charge in [-0.25, -0.2) is 13.1 Å². The van der Waals surface area contributed by atoms with Crippen LogP contribution in [0.3, 0.4) is 0 Å². The van der Waals surface area contributed by atoms with Crippen molar-refractivity contribution in [3.63, 3.8) is 0 Å². The van der Waals surface area contributed by atoms with Gasteiger partial charge in [0, 0.05) is 17.4 Å². The Kier molecular flexibility index (Phi) is 5.97. The van der Waals surface area contributed by atoms with Crippen LogP contribution in [-0.4, -0.2) is 20.9 Å². The Bertz CT molecular complexity index is 742. The zero-order chi connectivity index (χ0) is 16.9. The summed E-state index contributed by atoms with van der Waals surface area (Å²) in [5, 5.41) is 2.74. The predicted octanol–water partition coefficient (Wildman–Crippen LogP) is 2.59. The average Bonchev–Trinajstić information content (AvgIpc) is 3.01. The third-order valence-electron chi connectivity index (χ3n) is 3.12. The fraction of sp³-hybridized carbons (Fsp3) is 0.267. The summed E-state index contributed by atoms with van der Waals surface area (Å²) < 4.78 is 32.5. The summed E-state index contributed by atoms with van der Waals surface area (Å²) in [7, 11) is -3.61. The number of furan rings is 1. The molecule has 124 valence electrons. The molecule has 6 nitrogen and oxygen atoms in total. The van der Waals surface area contributed by atoms with Crippen LogP contribution in [0, 0.1) is 0 Å². The molecule has 1 amide bonds. The van der Waals surface area contributed by atoms with Crippen LogP contribution in [0.4, 0.5) is 0 Å². The molecule has 1 aromatic carbocycles. The normalized spacial score (nSPS) is 12.8. The van der Waals surface area contributed by atoms with Crippen LogP contribution < -0.4 is 10.0 Å². The van der Waals surface area contributed by atoms with Gasteiger partial charge in [0.05, 0.1) is 17.2 Å². The largest absolute Gasteiger partial charge is 0.467 e. The van der Waals surface area contributed by atoms with Gasteiger partial charge in [0.2, 0.25) is 15.9 Å². The van der Waals surface area contributed by atoms with Crippen LogP contribution in [0.25, 0.3) is 0 Å². The lowest BCUT2D eigenvalue weighted by molar-refractivity contribution is -0.121. The second-order valence-corrected chi connectivity index (χ2v) is 7.59. The minimum absolute atomic E-state index is 0.0229. The highest BCUT2D eigenvalue weighted by atomic mass is 79.9. The number of carbonyl (C=O) groups is 1. The highest BCUT2D eigenvalue weighted by Gasteiger charge is 2.15. The number of sulfonamides is 1. The van der Waals surface area contributed by atoms with Crippen molar-refractivity contribution in [1.29, 1.82) is 0 Å². The van der Waals surface area contributed by atoms with Crippen molar-refractivity contribution in [1.82, 2.24) is 10.0 Å². The van der Waals surface area contributed by atoms with Crippen LogP contribution in [0.15, 0.2) is 56.4 Å². The molecule has 0 bridgehead atoms. The molecule has 1 heterocycles. The molecule has 0 spiro atoms. The summed E-state index contributed by atoms with van der Waals surface area (Å²) in [5.41, 5.74) is 0. The maximum Gasteiger partial charge on any atom is 0.240 e. The summed E-state index contributed by atoms with van der Waals surface area (Å²) in [6, 6.07) is 9.52. The van der Waals surface area contributed by atoms with Gasteiger partial charge in [0.1, 0.15) is 5.76 Å². The highest BCUT2D eigenvalue weighted by Crippen LogP contribution is 2.14. The molecule has 0 fully saturated rings. The van der Waals surface area contributed by atoms with Crippen LogP contribution in [0.5, 0.6) is 0 Å². The molecule has 0 aliphatic rings. The Labute approximate surface area is 143 Å². The first kappa shape index (κ1) is 17.7. The first-order chi connectivity index (χ1) is 10.9. The third kappa shape index (κ3) is 5.19. The standard InChI is InChI=1S/C15H17BrN2O4S/c1-11(14-3-2-10-22-14)18-15(19)8-9-17-23(20,21)13-6-4-12(16)5-7-13/h2-7,10-11,17H,8-9H2,1H3,(H,18,19)/t11-/m1/s1. The minimum Gasteiger partial charge on any atom is -0.467 e. The van der Waals surface area contributed by atoms with Gasteiger partial charge < -0.3 is 9.73 Å². The fourth-order valence-electron chi connectivity index (χ4n) is 1.92. The average molecular weight is 401 g/mol. The van der Waals surface area contributed by atoms with Crippen molar-refractivity contribution in [3.8, 4) is 0 Å². The summed E-state index contributed by atoms with van der Waals surface area (Å²) in [6.45, 7) is 1.82. The molecule has 1 atom stereocenters. The smallest absolute Gasteiger partial charge is 0.240 e. The number of rotatable bonds is 7. The van der Waals surface area contributed by atoms with E-state index in [1.54, 1.807) is 31.2 Å². The van der Waals surface area contributed by atoms with E-state index >= 15 is 0 Å². The van der Waals surface area contributed by atoms with Gasteiger partial charge in [0.15, 0.2) is 0 Å². The summed E-state index contributed by atoms with van der Waals surface area (Å²) in [5.74, 6) is 0.390. The van der Waals surface area contributed by atoms with Crippen LogP contribution in [0.2, 0.25) is 0 Å². The van der Waals surface area contributed by atoms with Gasteiger partial charge in [-0.2, -0.15) is 0 Å². The topological polar surface area (TPSA) is 88.4 Å². The molecule has 2 N–H and O–H groups in total. The van der Waals surface area contributed by atoms with E-state index in [4.69, 9.17) is 4.42 Å². The van der Waals surface area contributed by atoms with Gasteiger partial charge in [-0.3, -0.25) is 4.79 Å². The van der Waals surface area contributed by atoms with Crippen molar-refractivity contribution >= 4 is 31.9 Å². The molecule has 23 heavy (non-hydrogen) atoms. The number of hydrogen-bond donors (Lipinski definition) is 2. The first-order valence-electron chi connectivity index (χ1n) is 6.96. The molecule has 0 aliphatic carbocycles. The van der Waals surface area contributed by atoms with Crippen molar-refractivity contribution < 1.29 is 17.6 Å². The van der Waals surface area contributed by atoms with Crippen LogP contribution >= 0.6 is 15.9 Å². The maximum atomic E-state index is 12.1. The fourth-order valence-corrected chi connectivity index (χ4v) is 3.21. The molecular formula is C15H17BrN2O4S. The van der Waals surface area contributed by atoms with Crippen molar-refractivity contribution in [2.45, 2.75) is 24.3 Å². The Balaban J connectivity index is 1.82. The molecule has 0 saturated carbocycles. The molecule has 8 heteroatoms. The Morgan fingerprint density at radius 2 is 1.96 bits per heavy atom. The molecule has 2 aromatic rings. The Morgan fingerprint density at radius 3 is 2.57 bits per heavy atom. The number of carbonyl (C=O) groups excluding carboxylic acids is 1. The lowest BCUT2D eigenvalue weighted by atomic mass is 10.2. The second-order valence-electron chi connectivity index (χ2n) is 4.91. The monoisotopic (exact) mass is 400 g/mol. The van der Waals surface area contributed by atoms with Gasteiger partial charge in [-0.15, -0.1) is 0 Å². The van der Waals surface area contributed by atoms with E-state index in [1.807, 2.05) is 0 Å². The highest BCUT2D eigenvalue weighted by molar-refractivity contribution is 9.10. The quantitative estimate of drug-likeness (QED) is 0.747. The molecule has 0 aliphatic heterocycles. The number of nitrogens with one attached hydrogen (secondary N) is 2. The van der Waals surface area contributed by atoms with Gasteiger partial charge in [-0.05, 0) is 43.3 Å². The van der Waals surface area contributed by atoms with Gasteiger partial charge in [0.25, 0.3) is 0 Å². The Hall–Kier alpha value is -1.64. The van der Waals surface area contributed by atoms with E-state index in [-0.39, 0.29) is 29.8 Å². The number of benzene rings is 1. The van der Waals surface area contributed by atoms with Crippen LogP contribution in [-0.2, 0) is 14.8 Å². The second kappa shape index (κ2) is 7.76. The van der Waals surface area contributed by atoms with Crippen molar-refractivity contribution in [3.05, 3.63) is 52.9 Å². The first-order valence-corrected chi connectivity index (χ1v) is 9.24. The predicted molar refractivity (Wildman–Crippen MR) is 89.2 cm³/mol. The number of halogens is 1. The van der Waals surface area contributed by atoms with Crippen molar-refractivity contribution in [2.75, 3.05) is 6.54 Å². The molecule has 0 unspecified atom stereocenters. The van der Waals surface area contributed by atoms with Crippen LogP contribution in [0.1, 0.15) is 25.1 Å². The van der Waals surface area contributed by atoms with E-state index in [0.29, 0.717) is 5.76 Å². The summed E-state index contributed by atoms with van der Waals surface area (Å²) in [4.78, 5) is 12.0. The summed E-state index contributed by atoms with van der Waals surface area (Å²) in [6.07, 6.45) is 1.57. The zero-order valence-corrected chi connectivity index (χ0v) is 14.9.